The molecule has 7 nitrogen and oxygen atoms in total. The number of aryl methyl sites for hydroxylation is 1. The summed E-state index contributed by atoms with van der Waals surface area (Å²) in [5.41, 5.74) is 1.16. The summed E-state index contributed by atoms with van der Waals surface area (Å²) in [7, 11) is 0. The molecule has 0 saturated heterocycles. The highest BCUT2D eigenvalue weighted by molar-refractivity contribution is 5.92. The standard InChI is InChI=1S/C28H27F4N5O2/c1-3-16-9-12-21(29)20(13-16)26-36-24-22(37(26)14-17-7-10-19(11-8-17)28(30,31)32)23(34-25(35-24)27(38)39)33-15(2)18-5-4-6-18/h7-13,15,18H,3-6,14H2,1-2H3,(H,38,39)(H,33,34,35). The topological polar surface area (TPSA) is 92.9 Å². The van der Waals surface area contributed by atoms with E-state index in [2.05, 4.69) is 20.3 Å². The van der Waals surface area contributed by atoms with Gasteiger partial charge in [-0.1, -0.05) is 31.5 Å². The van der Waals surface area contributed by atoms with Crippen LogP contribution in [0.5, 0.6) is 0 Å². The average Bonchev–Trinajstić information content (AvgIpc) is 3.21. The number of halogens is 4. The van der Waals surface area contributed by atoms with E-state index in [0.717, 1.165) is 37.0 Å². The van der Waals surface area contributed by atoms with Gasteiger partial charge in [0.2, 0.25) is 5.82 Å². The zero-order chi connectivity index (χ0) is 27.9. The minimum atomic E-state index is -4.48. The van der Waals surface area contributed by atoms with E-state index in [1.54, 1.807) is 16.7 Å². The van der Waals surface area contributed by atoms with E-state index in [-0.39, 0.29) is 35.4 Å². The van der Waals surface area contributed by atoms with Gasteiger partial charge in [0.1, 0.15) is 17.2 Å². The van der Waals surface area contributed by atoms with Crippen LogP contribution in [-0.2, 0) is 19.1 Å². The molecule has 1 aliphatic rings. The molecule has 0 spiro atoms. The minimum absolute atomic E-state index is 0.0298. The van der Waals surface area contributed by atoms with Crippen molar-refractivity contribution in [2.75, 3.05) is 5.32 Å². The quantitative estimate of drug-likeness (QED) is 0.246. The van der Waals surface area contributed by atoms with E-state index < -0.39 is 29.4 Å². The van der Waals surface area contributed by atoms with E-state index in [1.807, 2.05) is 13.8 Å². The van der Waals surface area contributed by atoms with Gasteiger partial charge in [-0.2, -0.15) is 13.2 Å². The van der Waals surface area contributed by atoms with E-state index in [9.17, 15) is 23.1 Å². The van der Waals surface area contributed by atoms with Gasteiger partial charge in [0.15, 0.2) is 11.5 Å². The van der Waals surface area contributed by atoms with Crippen LogP contribution in [0.3, 0.4) is 0 Å². The number of aromatic carboxylic acids is 1. The molecule has 1 fully saturated rings. The predicted octanol–water partition coefficient (Wildman–Crippen LogP) is 6.56. The number of carboxylic acid groups (broad SMARTS) is 1. The Morgan fingerprint density at radius 3 is 2.38 bits per heavy atom. The maximum Gasteiger partial charge on any atom is 0.416 e. The van der Waals surface area contributed by atoms with E-state index in [1.165, 1.54) is 18.2 Å². The highest BCUT2D eigenvalue weighted by atomic mass is 19.4. The number of benzene rings is 2. The summed E-state index contributed by atoms with van der Waals surface area (Å²) in [5, 5.41) is 13.0. The number of aromatic nitrogens is 4. The van der Waals surface area contributed by atoms with Crippen LogP contribution >= 0.6 is 0 Å². The number of hydrogen-bond acceptors (Lipinski definition) is 5. The van der Waals surface area contributed by atoms with Crippen LogP contribution in [0.15, 0.2) is 42.5 Å². The first-order chi connectivity index (χ1) is 18.5. The lowest BCUT2D eigenvalue weighted by Crippen LogP contribution is -2.31. The summed E-state index contributed by atoms with van der Waals surface area (Å²) in [4.78, 5) is 24.8. The Kier molecular flexibility index (Phi) is 7.00. The fourth-order valence-electron chi connectivity index (χ4n) is 4.81. The minimum Gasteiger partial charge on any atom is -0.475 e. The highest BCUT2D eigenvalue weighted by Crippen LogP contribution is 2.35. The molecule has 1 unspecified atom stereocenters. The molecular weight excluding hydrogens is 514 g/mol. The number of carboxylic acids is 1. The molecular formula is C28H27F4N5O2. The third-order valence-corrected chi connectivity index (χ3v) is 7.32. The van der Waals surface area contributed by atoms with Gasteiger partial charge in [0, 0.05) is 12.6 Å². The summed E-state index contributed by atoms with van der Waals surface area (Å²) >= 11 is 0. The van der Waals surface area contributed by atoms with Gasteiger partial charge in [-0.15, -0.1) is 0 Å². The molecule has 2 N–H and O–H groups in total. The first-order valence-corrected chi connectivity index (χ1v) is 12.8. The van der Waals surface area contributed by atoms with Crippen molar-refractivity contribution < 1.29 is 27.5 Å². The smallest absolute Gasteiger partial charge is 0.416 e. The summed E-state index contributed by atoms with van der Waals surface area (Å²) < 4.78 is 56.3. The third-order valence-electron chi connectivity index (χ3n) is 7.32. The van der Waals surface area contributed by atoms with Gasteiger partial charge in [-0.05, 0) is 67.5 Å². The number of rotatable bonds is 8. The largest absolute Gasteiger partial charge is 0.475 e. The number of imidazole rings is 1. The van der Waals surface area contributed by atoms with Crippen LogP contribution in [0.4, 0.5) is 23.4 Å². The van der Waals surface area contributed by atoms with Gasteiger partial charge in [-0.25, -0.2) is 24.1 Å². The number of alkyl halides is 3. The second-order valence-corrected chi connectivity index (χ2v) is 9.88. The van der Waals surface area contributed by atoms with Gasteiger partial charge < -0.3 is 15.0 Å². The fraction of sp³-hybridized carbons (Fsp3) is 0.357. The first-order valence-electron chi connectivity index (χ1n) is 12.8. The van der Waals surface area contributed by atoms with Gasteiger partial charge in [0.25, 0.3) is 0 Å². The first kappa shape index (κ1) is 26.6. The van der Waals surface area contributed by atoms with Gasteiger partial charge in [0.05, 0.1) is 11.1 Å². The van der Waals surface area contributed by atoms with Crippen LogP contribution < -0.4 is 5.32 Å². The van der Waals surface area contributed by atoms with Crippen molar-refractivity contribution >= 4 is 23.0 Å². The second-order valence-electron chi connectivity index (χ2n) is 9.88. The van der Waals surface area contributed by atoms with Crippen LogP contribution in [0.1, 0.15) is 60.4 Å². The number of nitrogens with zero attached hydrogens (tertiary/aromatic N) is 4. The Bertz CT molecular complexity index is 1530. The van der Waals surface area contributed by atoms with Gasteiger partial charge in [-0.3, -0.25) is 0 Å². The van der Waals surface area contributed by atoms with Crippen LogP contribution in [0.25, 0.3) is 22.6 Å². The summed E-state index contributed by atoms with van der Waals surface area (Å²) in [6.45, 7) is 3.94. The molecule has 4 aromatic rings. The van der Waals surface area contributed by atoms with E-state index in [4.69, 9.17) is 0 Å². The molecule has 1 saturated carbocycles. The zero-order valence-corrected chi connectivity index (χ0v) is 21.4. The molecule has 39 heavy (non-hydrogen) atoms. The lowest BCUT2D eigenvalue weighted by atomic mass is 9.80. The molecule has 0 amide bonds. The van der Waals surface area contributed by atoms with Crippen molar-refractivity contribution in [3.05, 3.63) is 70.8 Å². The Morgan fingerprint density at radius 1 is 1.10 bits per heavy atom. The maximum absolute atomic E-state index is 15.2. The number of carbonyl (C=O) groups is 1. The number of hydrogen-bond donors (Lipinski definition) is 2. The van der Waals surface area contributed by atoms with Crippen molar-refractivity contribution in [1.29, 1.82) is 0 Å². The Morgan fingerprint density at radius 2 is 1.79 bits per heavy atom. The molecule has 0 bridgehead atoms. The van der Waals surface area contributed by atoms with Crippen LogP contribution in [-0.4, -0.2) is 36.6 Å². The third kappa shape index (κ3) is 5.30. The van der Waals surface area contributed by atoms with E-state index >= 15 is 4.39 Å². The molecule has 11 heteroatoms. The zero-order valence-electron chi connectivity index (χ0n) is 21.4. The number of fused-ring (bicyclic) bond motifs is 1. The van der Waals surface area contributed by atoms with Gasteiger partial charge >= 0.3 is 12.1 Å². The van der Waals surface area contributed by atoms with Crippen molar-refractivity contribution in [3.8, 4) is 11.4 Å². The van der Waals surface area contributed by atoms with Crippen molar-refractivity contribution in [1.82, 2.24) is 19.5 Å². The lowest BCUT2D eigenvalue weighted by Gasteiger charge is -2.32. The van der Waals surface area contributed by atoms with Crippen molar-refractivity contribution in [3.63, 3.8) is 0 Å². The lowest BCUT2D eigenvalue weighted by molar-refractivity contribution is -0.137. The molecule has 1 aliphatic carbocycles. The van der Waals surface area contributed by atoms with Crippen LogP contribution in [0, 0.1) is 11.7 Å². The van der Waals surface area contributed by atoms with Crippen LogP contribution in [0.2, 0.25) is 0 Å². The average molecular weight is 542 g/mol. The van der Waals surface area contributed by atoms with Crippen molar-refractivity contribution in [2.24, 2.45) is 5.92 Å². The molecule has 0 aliphatic heterocycles. The van der Waals surface area contributed by atoms with Crippen molar-refractivity contribution in [2.45, 2.75) is 58.3 Å². The molecule has 1 atom stereocenters. The molecule has 2 aromatic heterocycles. The molecule has 2 heterocycles. The Hall–Kier alpha value is -4.02. The predicted molar refractivity (Wildman–Crippen MR) is 138 cm³/mol. The molecule has 2 aromatic carbocycles. The normalized spacial score (nSPS) is 14.8. The molecule has 0 radical (unpaired) electrons. The number of nitrogens with one attached hydrogen (secondary N) is 1. The summed E-state index contributed by atoms with van der Waals surface area (Å²) in [6.07, 6.45) is -0.677. The highest BCUT2D eigenvalue weighted by Gasteiger charge is 2.31. The Labute approximate surface area is 221 Å². The SMILES string of the molecule is CCc1ccc(F)c(-c2nc3nc(C(=O)O)nc(NC(C)C4CCC4)c3n2Cc2ccc(C(F)(F)F)cc2)c1. The second kappa shape index (κ2) is 10.3. The maximum atomic E-state index is 15.2. The molecule has 5 rings (SSSR count). The number of anilines is 1. The van der Waals surface area contributed by atoms with E-state index in [0.29, 0.717) is 23.4 Å². The Balaban J connectivity index is 1.71. The molecule has 204 valence electrons. The fourth-order valence-corrected chi connectivity index (χ4v) is 4.81. The monoisotopic (exact) mass is 541 g/mol. The summed E-state index contributed by atoms with van der Waals surface area (Å²) in [6, 6.07) is 9.32. The summed E-state index contributed by atoms with van der Waals surface area (Å²) in [5.74, 6) is -1.55.